The van der Waals surface area contributed by atoms with Gasteiger partial charge in [-0.1, -0.05) is 11.6 Å². The Morgan fingerprint density at radius 1 is 1.50 bits per heavy atom. The molecule has 0 atom stereocenters. The zero-order valence-electron chi connectivity index (χ0n) is 6.56. The molecule has 3 N–H and O–H groups in total. The maximum Gasteiger partial charge on any atom is 0.198 e. The SMILES string of the molecule is Cc1cc(Cl)c2nc(N)[nH]c2c1. The average molecular weight is 182 g/mol. The first-order chi connectivity index (χ1) is 5.66. The van der Waals surface area contributed by atoms with Crippen molar-refractivity contribution in [2.24, 2.45) is 0 Å². The molecule has 1 aromatic heterocycles. The number of fused-ring (bicyclic) bond motifs is 1. The Kier molecular flexibility index (Phi) is 1.48. The van der Waals surface area contributed by atoms with Crippen LogP contribution in [0.25, 0.3) is 11.0 Å². The van der Waals surface area contributed by atoms with Gasteiger partial charge in [0.15, 0.2) is 5.95 Å². The predicted molar refractivity (Wildman–Crippen MR) is 50.3 cm³/mol. The number of aromatic amines is 1. The summed E-state index contributed by atoms with van der Waals surface area (Å²) < 4.78 is 0. The summed E-state index contributed by atoms with van der Waals surface area (Å²) in [5.74, 6) is 0.400. The molecule has 0 aliphatic carbocycles. The van der Waals surface area contributed by atoms with Crippen molar-refractivity contribution in [3.63, 3.8) is 0 Å². The van der Waals surface area contributed by atoms with Crippen LogP contribution in [0, 0.1) is 6.92 Å². The van der Waals surface area contributed by atoms with Crippen LogP contribution in [0.2, 0.25) is 5.02 Å². The van der Waals surface area contributed by atoms with Crippen molar-refractivity contribution in [2.75, 3.05) is 5.73 Å². The molecule has 2 rings (SSSR count). The minimum Gasteiger partial charge on any atom is -0.369 e. The number of aryl methyl sites for hydroxylation is 1. The maximum atomic E-state index is 5.94. The third-order valence-corrected chi connectivity index (χ3v) is 1.99. The van der Waals surface area contributed by atoms with Crippen LogP contribution in [-0.2, 0) is 0 Å². The lowest BCUT2D eigenvalue weighted by atomic mass is 10.2. The molecule has 3 nitrogen and oxygen atoms in total. The third-order valence-electron chi connectivity index (χ3n) is 1.70. The standard InChI is InChI=1S/C8H8ClN3/c1-4-2-5(9)7-6(3-4)11-8(10)12-7/h2-3H,1H3,(H3,10,11,12). The Labute approximate surface area is 74.5 Å². The number of aromatic nitrogens is 2. The highest BCUT2D eigenvalue weighted by atomic mass is 35.5. The molecule has 4 heteroatoms. The van der Waals surface area contributed by atoms with E-state index in [1.165, 1.54) is 0 Å². The van der Waals surface area contributed by atoms with Crippen molar-refractivity contribution in [3.8, 4) is 0 Å². The number of benzene rings is 1. The van der Waals surface area contributed by atoms with Crippen LogP contribution in [0.4, 0.5) is 5.95 Å². The summed E-state index contributed by atoms with van der Waals surface area (Å²) in [4.78, 5) is 6.97. The van der Waals surface area contributed by atoms with Gasteiger partial charge in [0.2, 0.25) is 0 Å². The van der Waals surface area contributed by atoms with Crippen LogP contribution in [0.15, 0.2) is 12.1 Å². The van der Waals surface area contributed by atoms with Gasteiger partial charge in [0.05, 0.1) is 10.5 Å². The summed E-state index contributed by atoms with van der Waals surface area (Å²) in [6.45, 7) is 1.97. The Bertz CT molecular complexity index is 433. The summed E-state index contributed by atoms with van der Waals surface area (Å²) in [7, 11) is 0. The number of rotatable bonds is 0. The lowest BCUT2D eigenvalue weighted by molar-refractivity contribution is 1.35. The fraction of sp³-hybridized carbons (Fsp3) is 0.125. The van der Waals surface area contributed by atoms with E-state index < -0.39 is 0 Å². The first-order valence-corrected chi connectivity index (χ1v) is 3.96. The number of nitrogens with one attached hydrogen (secondary N) is 1. The summed E-state index contributed by atoms with van der Waals surface area (Å²) in [5, 5.41) is 0.637. The number of nitrogens with zero attached hydrogens (tertiary/aromatic N) is 1. The van der Waals surface area contributed by atoms with E-state index in [1.807, 2.05) is 19.1 Å². The monoisotopic (exact) mass is 181 g/mol. The number of nitrogens with two attached hydrogens (primary N) is 1. The van der Waals surface area contributed by atoms with Crippen molar-refractivity contribution >= 4 is 28.6 Å². The second kappa shape index (κ2) is 2.38. The molecule has 0 fully saturated rings. The van der Waals surface area contributed by atoms with E-state index in [4.69, 9.17) is 17.3 Å². The normalized spacial score (nSPS) is 10.8. The van der Waals surface area contributed by atoms with E-state index in [-0.39, 0.29) is 0 Å². The van der Waals surface area contributed by atoms with E-state index in [2.05, 4.69) is 9.97 Å². The van der Waals surface area contributed by atoms with Crippen molar-refractivity contribution in [3.05, 3.63) is 22.7 Å². The first kappa shape index (κ1) is 7.43. The molecule has 62 valence electrons. The molecule has 0 spiro atoms. The number of hydrogen-bond donors (Lipinski definition) is 2. The molecular weight excluding hydrogens is 174 g/mol. The molecule has 0 aliphatic heterocycles. The molecule has 0 unspecified atom stereocenters. The second-order valence-electron chi connectivity index (χ2n) is 2.76. The number of hydrogen-bond acceptors (Lipinski definition) is 2. The largest absolute Gasteiger partial charge is 0.369 e. The molecule has 0 bridgehead atoms. The molecule has 1 aromatic carbocycles. The fourth-order valence-corrected chi connectivity index (χ4v) is 1.55. The van der Waals surface area contributed by atoms with Gasteiger partial charge in [0.25, 0.3) is 0 Å². The van der Waals surface area contributed by atoms with Crippen LogP contribution in [-0.4, -0.2) is 9.97 Å². The van der Waals surface area contributed by atoms with Crippen LogP contribution >= 0.6 is 11.6 Å². The Hall–Kier alpha value is -1.22. The van der Waals surface area contributed by atoms with Gasteiger partial charge in [-0.2, -0.15) is 0 Å². The van der Waals surface area contributed by atoms with Gasteiger partial charge < -0.3 is 10.7 Å². The zero-order valence-corrected chi connectivity index (χ0v) is 7.31. The van der Waals surface area contributed by atoms with Gasteiger partial charge in [-0.3, -0.25) is 0 Å². The Morgan fingerprint density at radius 3 is 3.00 bits per heavy atom. The second-order valence-corrected chi connectivity index (χ2v) is 3.17. The van der Waals surface area contributed by atoms with Gasteiger partial charge in [-0.05, 0) is 24.6 Å². The minimum absolute atomic E-state index is 0.400. The number of halogens is 1. The van der Waals surface area contributed by atoms with Gasteiger partial charge in [0.1, 0.15) is 5.52 Å². The molecule has 0 amide bonds. The number of imidazole rings is 1. The molecule has 2 aromatic rings. The lowest BCUT2D eigenvalue weighted by Gasteiger charge is -1.94. The molecule has 12 heavy (non-hydrogen) atoms. The molecule has 0 radical (unpaired) electrons. The number of anilines is 1. The van der Waals surface area contributed by atoms with E-state index in [1.54, 1.807) is 0 Å². The van der Waals surface area contributed by atoms with Crippen LogP contribution in [0.1, 0.15) is 5.56 Å². The molecule has 0 aliphatic rings. The highest BCUT2D eigenvalue weighted by molar-refractivity contribution is 6.35. The fourth-order valence-electron chi connectivity index (χ4n) is 1.23. The first-order valence-electron chi connectivity index (χ1n) is 3.58. The van der Waals surface area contributed by atoms with Crippen molar-refractivity contribution in [2.45, 2.75) is 6.92 Å². The smallest absolute Gasteiger partial charge is 0.198 e. The molecule has 1 heterocycles. The van der Waals surface area contributed by atoms with Crippen LogP contribution in [0.5, 0.6) is 0 Å². The number of nitrogen functional groups attached to an aromatic ring is 1. The van der Waals surface area contributed by atoms with Gasteiger partial charge in [0, 0.05) is 0 Å². The lowest BCUT2D eigenvalue weighted by Crippen LogP contribution is -1.84. The summed E-state index contributed by atoms with van der Waals surface area (Å²) >= 11 is 5.94. The van der Waals surface area contributed by atoms with E-state index in [0.29, 0.717) is 11.0 Å². The highest BCUT2D eigenvalue weighted by Crippen LogP contribution is 2.23. The number of H-pyrrole nitrogens is 1. The topological polar surface area (TPSA) is 54.7 Å². The zero-order chi connectivity index (χ0) is 8.72. The van der Waals surface area contributed by atoms with E-state index >= 15 is 0 Å². The Balaban J connectivity index is 2.88. The highest BCUT2D eigenvalue weighted by Gasteiger charge is 2.04. The van der Waals surface area contributed by atoms with Crippen molar-refractivity contribution in [1.82, 2.24) is 9.97 Å². The summed E-state index contributed by atoms with van der Waals surface area (Å²) in [6.07, 6.45) is 0. The van der Waals surface area contributed by atoms with Crippen molar-refractivity contribution < 1.29 is 0 Å². The molecule has 0 saturated heterocycles. The third kappa shape index (κ3) is 1.02. The maximum absolute atomic E-state index is 5.94. The van der Waals surface area contributed by atoms with E-state index in [0.717, 1.165) is 16.6 Å². The van der Waals surface area contributed by atoms with E-state index in [9.17, 15) is 0 Å². The van der Waals surface area contributed by atoms with Crippen LogP contribution < -0.4 is 5.73 Å². The summed E-state index contributed by atoms with van der Waals surface area (Å²) in [5.41, 5.74) is 8.20. The predicted octanol–water partition coefficient (Wildman–Crippen LogP) is 2.11. The quantitative estimate of drug-likeness (QED) is 0.654. The van der Waals surface area contributed by atoms with Gasteiger partial charge >= 0.3 is 0 Å². The summed E-state index contributed by atoms with van der Waals surface area (Å²) in [6, 6.07) is 3.83. The molecule has 0 saturated carbocycles. The van der Waals surface area contributed by atoms with Gasteiger partial charge in [-0.25, -0.2) is 4.98 Å². The van der Waals surface area contributed by atoms with Gasteiger partial charge in [-0.15, -0.1) is 0 Å². The Morgan fingerprint density at radius 2 is 2.25 bits per heavy atom. The molecular formula is C8H8ClN3. The minimum atomic E-state index is 0.400. The van der Waals surface area contributed by atoms with Crippen molar-refractivity contribution in [1.29, 1.82) is 0 Å². The van der Waals surface area contributed by atoms with Crippen LogP contribution in [0.3, 0.4) is 0 Å². The average Bonchev–Trinajstić information content (AvgIpc) is 2.29.